The second-order valence-electron chi connectivity index (χ2n) is 4.04. The first-order chi connectivity index (χ1) is 8.56. The number of halogens is 2. The van der Waals surface area contributed by atoms with E-state index in [1.807, 2.05) is 37.3 Å². The highest BCUT2D eigenvalue weighted by Gasteiger charge is 2.07. The SMILES string of the molecule is C[C@H](N)c1ccc(Sc2cccc(Br)c2)c(F)c1. The Morgan fingerprint density at radius 2 is 2.00 bits per heavy atom. The van der Waals surface area contributed by atoms with Crippen molar-refractivity contribution in [2.24, 2.45) is 5.73 Å². The van der Waals surface area contributed by atoms with Gasteiger partial charge >= 0.3 is 0 Å². The minimum atomic E-state index is -0.227. The van der Waals surface area contributed by atoms with E-state index in [-0.39, 0.29) is 11.9 Å². The maximum atomic E-state index is 13.9. The Bertz CT molecular complexity index is 557. The molecule has 0 amide bonds. The van der Waals surface area contributed by atoms with Gasteiger partial charge in [0.05, 0.1) is 0 Å². The maximum absolute atomic E-state index is 13.9. The second-order valence-corrected chi connectivity index (χ2v) is 6.07. The molecule has 0 bridgehead atoms. The molecule has 0 saturated heterocycles. The van der Waals surface area contributed by atoms with Crippen molar-refractivity contribution in [2.75, 3.05) is 0 Å². The van der Waals surface area contributed by atoms with Crippen LogP contribution in [-0.2, 0) is 0 Å². The van der Waals surface area contributed by atoms with Crippen LogP contribution in [0.15, 0.2) is 56.7 Å². The van der Waals surface area contributed by atoms with Gasteiger partial charge in [-0.3, -0.25) is 0 Å². The summed E-state index contributed by atoms with van der Waals surface area (Å²) in [4.78, 5) is 1.61. The number of rotatable bonds is 3. The normalized spacial score (nSPS) is 12.4. The van der Waals surface area contributed by atoms with Gasteiger partial charge in [0.2, 0.25) is 0 Å². The van der Waals surface area contributed by atoms with Gasteiger partial charge < -0.3 is 5.73 Å². The third-order valence-electron chi connectivity index (χ3n) is 2.51. The zero-order chi connectivity index (χ0) is 13.1. The Labute approximate surface area is 119 Å². The van der Waals surface area contributed by atoms with Gasteiger partial charge in [-0.2, -0.15) is 0 Å². The fourth-order valence-electron chi connectivity index (χ4n) is 1.54. The van der Waals surface area contributed by atoms with Crippen LogP contribution in [0.1, 0.15) is 18.5 Å². The first kappa shape index (κ1) is 13.6. The molecule has 1 nitrogen and oxygen atoms in total. The third-order valence-corrected chi connectivity index (χ3v) is 4.04. The van der Waals surface area contributed by atoms with E-state index in [4.69, 9.17) is 5.73 Å². The first-order valence-corrected chi connectivity index (χ1v) is 7.15. The Kier molecular flexibility index (Phi) is 4.43. The molecule has 2 aromatic carbocycles. The quantitative estimate of drug-likeness (QED) is 0.880. The van der Waals surface area contributed by atoms with Gasteiger partial charge in [0.15, 0.2) is 0 Å². The molecule has 0 aliphatic carbocycles. The van der Waals surface area contributed by atoms with Crippen LogP contribution in [0.2, 0.25) is 0 Å². The van der Waals surface area contributed by atoms with Crippen molar-refractivity contribution in [1.29, 1.82) is 0 Å². The summed E-state index contributed by atoms with van der Waals surface area (Å²) >= 11 is 4.80. The smallest absolute Gasteiger partial charge is 0.137 e. The summed E-state index contributed by atoms with van der Waals surface area (Å²) in [5.41, 5.74) is 6.54. The van der Waals surface area contributed by atoms with Crippen molar-refractivity contribution < 1.29 is 4.39 Å². The van der Waals surface area contributed by atoms with Crippen LogP contribution in [-0.4, -0.2) is 0 Å². The molecule has 0 heterocycles. The number of nitrogens with two attached hydrogens (primary N) is 1. The lowest BCUT2D eigenvalue weighted by Crippen LogP contribution is -2.05. The zero-order valence-electron chi connectivity index (χ0n) is 9.86. The molecule has 1 atom stereocenters. The lowest BCUT2D eigenvalue weighted by atomic mass is 10.1. The van der Waals surface area contributed by atoms with Crippen LogP contribution in [0.3, 0.4) is 0 Å². The van der Waals surface area contributed by atoms with Gasteiger partial charge in [0.1, 0.15) is 5.82 Å². The van der Waals surface area contributed by atoms with E-state index in [9.17, 15) is 4.39 Å². The Morgan fingerprint density at radius 1 is 1.22 bits per heavy atom. The van der Waals surface area contributed by atoms with E-state index >= 15 is 0 Å². The van der Waals surface area contributed by atoms with E-state index in [1.165, 1.54) is 17.8 Å². The van der Waals surface area contributed by atoms with E-state index in [2.05, 4.69) is 15.9 Å². The lowest BCUT2D eigenvalue weighted by Gasteiger charge is -2.08. The van der Waals surface area contributed by atoms with Gasteiger partial charge in [-0.05, 0) is 42.8 Å². The fourth-order valence-corrected chi connectivity index (χ4v) is 2.97. The van der Waals surface area contributed by atoms with Gasteiger partial charge in [0, 0.05) is 20.3 Å². The summed E-state index contributed by atoms with van der Waals surface area (Å²) < 4.78 is 14.9. The first-order valence-electron chi connectivity index (χ1n) is 5.54. The van der Waals surface area contributed by atoms with Crippen molar-refractivity contribution in [3.8, 4) is 0 Å². The topological polar surface area (TPSA) is 26.0 Å². The molecule has 2 N–H and O–H groups in total. The van der Waals surface area contributed by atoms with Crippen LogP contribution in [0.25, 0.3) is 0 Å². The van der Waals surface area contributed by atoms with Crippen molar-refractivity contribution in [3.05, 3.63) is 58.3 Å². The summed E-state index contributed by atoms with van der Waals surface area (Å²) in [6.07, 6.45) is 0. The lowest BCUT2D eigenvalue weighted by molar-refractivity contribution is 0.596. The molecule has 2 aromatic rings. The van der Waals surface area contributed by atoms with Crippen molar-refractivity contribution in [2.45, 2.75) is 22.8 Å². The number of benzene rings is 2. The molecule has 2 rings (SSSR count). The van der Waals surface area contributed by atoms with Gasteiger partial charge in [-0.1, -0.05) is 39.8 Å². The predicted octanol–water partition coefficient (Wildman–Crippen LogP) is 4.76. The summed E-state index contributed by atoms with van der Waals surface area (Å²) in [7, 11) is 0. The zero-order valence-corrected chi connectivity index (χ0v) is 12.3. The molecule has 18 heavy (non-hydrogen) atoms. The monoisotopic (exact) mass is 325 g/mol. The van der Waals surface area contributed by atoms with E-state index in [0.29, 0.717) is 4.90 Å². The average molecular weight is 326 g/mol. The molecule has 0 saturated carbocycles. The molecule has 0 aromatic heterocycles. The third kappa shape index (κ3) is 3.34. The molecular weight excluding hydrogens is 313 g/mol. The maximum Gasteiger partial charge on any atom is 0.137 e. The molecule has 0 fully saturated rings. The Balaban J connectivity index is 2.24. The van der Waals surface area contributed by atoms with Crippen LogP contribution in [0, 0.1) is 5.82 Å². The van der Waals surface area contributed by atoms with Crippen molar-refractivity contribution >= 4 is 27.7 Å². The van der Waals surface area contributed by atoms with Crippen LogP contribution in [0.5, 0.6) is 0 Å². The highest BCUT2D eigenvalue weighted by molar-refractivity contribution is 9.10. The van der Waals surface area contributed by atoms with Gasteiger partial charge in [-0.25, -0.2) is 4.39 Å². The molecule has 0 radical (unpaired) electrons. The van der Waals surface area contributed by atoms with Crippen molar-refractivity contribution in [1.82, 2.24) is 0 Å². The molecular formula is C14H13BrFNS. The molecule has 0 spiro atoms. The summed E-state index contributed by atoms with van der Waals surface area (Å²) in [5, 5.41) is 0. The standard InChI is InChI=1S/C14H13BrFNS/c1-9(17)10-5-6-14(13(16)7-10)18-12-4-2-3-11(15)8-12/h2-9H,17H2,1H3/t9-/m0/s1. The minimum absolute atomic E-state index is 0.149. The molecule has 0 aliphatic rings. The summed E-state index contributed by atoms with van der Waals surface area (Å²) in [5.74, 6) is -0.227. The Hall–Kier alpha value is -0.840. The average Bonchev–Trinajstić information content (AvgIpc) is 2.31. The van der Waals surface area contributed by atoms with Gasteiger partial charge in [-0.15, -0.1) is 0 Å². The van der Waals surface area contributed by atoms with Crippen LogP contribution >= 0.6 is 27.7 Å². The number of hydrogen-bond acceptors (Lipinski definition) is 2. The highest BCUT2D eigenvalue weighted by atomic mass is 79.9. The molecule has 0 unspecified atom stereocenters. The molecule has 94 valence electrons. The number of hydrogen-bond donors (Lipinski definition) is 1. The van der Waals surface area contributed by atoms with Gasteiger partial charge in [0.25, 0.3) is 0 Å². The molecule has 4 heteroatoms. The Morgan fingerprint density at radius 3 is 2.61 bits per heavy atom. The minimum Gasteiger partial charge on any atom is -0.324 e. The van der Waals surface area contributed by atoms with Crippen LogP contribution in [0.4, 0.5) is 4.39 Å². The summed E-state index contributed by atoms with van der Waals surface area (Å²) in [6, 6.07) is 12.8. The fraction of sp³-hybridized carbons (Fsp3) is 0.143. The van der Waals surface area contributed by atoms with Crippen molar-refractivity contribution in [3.63, 3.8) is 0 Å². The van der Waals surface area contributed by atoms with E-state index < -0.39 is 0 Å². The molecule has 0 aliphatic heterocycles. The predicted molar refractivity (Wildman–Crippen MR) is 77.3 cm³/mol. The van der Waals surface area contributed by atoms with E-state index in [0.717, 1.165) is 14.9 Å². The highest BCUT2D eigenvalue weighted by Crippen LogP contribution is 2.32. The second kappa shape index (κ2) is 5.87. The largest absolute Gasteiger partial charge is 0.324 e. The summed E-state index contributed by atoms with van der Waals surface area (Å²) in [6.45, 7) is 1.84. The van der Waals surface area contributed by atoms with Crippen LogP contribution < -0.4 is 5.73 Å². The van der Waals surface area contributed by atoms with E-state index in [1.54, 1.807) is 6.07 Å².